The summed E-state index contributed by atoms with van der Waals surface area (Å²) in [6.07, 6.45) is 0. The molecule has 0 rings (SSSR count). The van der Waals surface area contributed by atoms with Crippen LogP contribution in [0.5, 0.6) is 0 Å². The van der Waals surface area contributed by atoms with Gasteiger partial charge in [0.25, 0.3) is 0 Å². The Kier molecular flexibility index (Phi) is 818. The zero-order valence-corrected chi connectivity index (χ0v) is 0. The predicted octanol–water partition coefficient (Wildman–Crippen LogP) is -13.0. The second kappa shape index (κ2) is 124. The molecule has 0 N–H and O–H groups in total. The van der Waals surface area contributed by atoms with Gasteiger partial charge in [-0.1, -0.05) is 0 Å². The Morgan fingerprint density at radius 1 is 0.0500 bits per heavy atom. The first-order valence-electron chi connectivity index (χ1n) is 0. The van der Waals surface area contributed by atoms with Crippen molar-refractivity contribution in [2.75, 3.05) is 0 Å². The number of hydrogen-bond donors (Lipinski definition) is 0. The Hall–Kier alpha value is 32.7. The van der Waals surface area contributed by atoms with E-state index in [1.807, 2.05) is 0 Å². The van der Waals surface area contributed by atoms with Crippen LogP contribution in [-0.2, 0) is 0 Å². The van der Waals surface area contributed by atoms with E-state index >= 15 is 0 Å². The van der Waals surface area contributed by atoms with Crippen LogP contribution in [0.4, 0.5) is 0 Å². The predicted molar refractivity (Wildman–Crippen MR) is 143 cm³/mol. The van der Waals surface area contributed by atoms with E-state index in [1.54, 1.807) is 0 Å². The molecule has 0 nitrogen and oxygen atoms in total. The van der Waals surface area contributed by atoms with Gasteiger partial charge >= 0.3 is 1030 Å². The zero-order valence-electron chi connectivity index (χ0n) is 0. The molecule has 40 valence electrons. The molecule has 0 heterocycles. The van der Waals surface area contributed by atoms with E-state index in [0.717, 1.165) is 0 Å². The van der Waals surface area contributed by atoms with Crippen LogP contribution < -0.4 is 0 Å². The topological polar surface area (TPSA) is 0 Å². The summed E-state index contributed by atoms with van der Waals surface area (Å²) in [5, 5.41) is 0. The van der Waals surface area contributed by atoms with Gasteiger partial charge < -0.3 is 0 Å². The molecule has 0 aromatic carbocycles. The van der Waals surface area contributed by atoms with Gasteiger partial charge in [0, 0.05) is 0 Å². The summed E-state index contributed by atoms with van der Waals surface area (Å²) < 4.78 is 0. The van der Waals surface area contributed by atoms with E-state index in [2.05, 4.69) is 0 Å². The van der Waals surface area contributed by atoms with Gasteiger partial charge in [-0.15, -0.1) is 0 Å². The minimum atomic E-state index is 0. The van der Waals surface area contributed by atoms with E-state index in [1.165, 1.54) is 0 Å². The van der Waals surface area contributed by atoms with Gasteiger partial charge in [-0.3, -0.25) is 0 Å². The zero-order chi connectivity index (χ0) is 0. The summed E-state index contributed by atoms with van der Waals surface area (Å²) in [5.41, 5.74) is 0. The van der Waals surface area contributed by atoms with Crippen molar-refractivity contribution >= 4 is 1030 Å². The van der Waals surface area contributed by atoms with Gasteiger partial charge in [0.2, 0.25) is 0 Å². The Bertz CT molecular complexity index is 0. The van der Waals surface area contributed by atoms with Crippen LogP contribution in [0.2, 0.25) is 0 Å². The number of hydrogen-bond acceptors (Lipinski definition) is 0. The fraction of sp³-hybridized carbons (Fsp3) is 0. The van der Waals surface area contributed by atoms with Crippen LogP contribution >= 0.6 is 0 Å². The van der Waals surface area contributed by atoms with Gasteiger partial charge in [0.1, 0.15) is 0 Å². The molecule has 0 aliphatic carbocycles. The summed E-state index contributed by atoms with van der Waals surface area (Å²) in [5.74, 6) is 0. The molecule has 0 unspecified atom stereocenters. The molecule has 0 aromatic rings. The summed E-state index contributed by atoms with van der Waals surface area (Å²) in [6.45, 7) is 0. The van der Waals surface area contributed by atoms with Gasteiger partial charge in [-0.2, -0.15) is 0 Å². The van der Waals surface area contributed by atoms with Crippen LogP contribution in [0.25, 0.3) is 0 Å². The first kappa shape index (κ1) is 132. The van der Waals surface area contributed by atoms with Crippen molar-refractivity contribution < 1.29 is 0 Å². The molecule has 0 bridgehead atoms. The first-order valence-corrected chi connectivity index (χ1v) is 0. The van der Waals surface area contributed by atoms with E-state index < -0.39 is 0 Å². The van der Waals surface area contributed by atoms with Gasteiger partial charge in [-0.25, -0.2) is 0 Å². The average Bonchev–Trinajstić information content (AvgIpc) is 0. The molecule has 0 saturated carbocycles. The molecule has 0 aromatic heterocycles. The second-order valence-electron chi connectivity index (χ2n) is 0. The molecule has 20 heavy (non-hydrogen) atoms. The molecule has 0 saturated heterocycles. The van der Waals surface area contributed by atoms with E-state index in [4.69, 9.17) is 0 Å². The quantitative estimate of drug-likeness (QED) is 0.214. The van der Waals surface area contributed by atoms with Crippen molar-refractivity contribution in [1.82, 2.24) is 0 Å². The summed E-state index contributed by atoms with van der Waals surface area (Å²) in [4.78, 5) is 0. The Balaban J connectivity index is 0. The molecule has 0 spiro atoms. The fourth-order valence-corrected chi connectivity index (χ4v) is 0. The van der Waals surface area contributed by atoms with Crippen molar-refractivity contribution in [2.24, 2.45) is 0 Å². The van der Waals surface area contributed by atoms with Crippen LogP contribution in [-0.4, -0.2) is 1030 Å². The molecule has 20 heteroatoms. The SMILES string of the molecule is [KH].[KH].[KH].[KH].[KH].[KH].[KH].[KH].[KH].[KH].[KH].[KH].[KH].[KH].[KH].[KH].[KH].[KH].[KH].[KH]. The van der Waals surface area contributed by atoms with Crippen molar-refractivity contribution in [1.29, 1.82) is 0 Å². The molecule has 0 aliphatic heterocycles. The summed E-state index contributed by atoms with van der Waals surface area (Å²) in [7, 11) is 0. The Morgan fingerprint density at radius 3 is 0.0500 bits per heavy atom. The molecule has 0 fully saturated rings. The third kappa shape index (κ3) is 117. The molecule has 0 atom stereocenters. The van der Waals surface area contributed by atoms with Crippen LogP contribution in [0.15, 0.2) is 0 Å². The summed E-state index contributed by atoms with van der Waals surface area (Å²) >= 11 is 0. The third-order valence-electron chi connectivity index (χ3n) is 0. The van der Waals surface area contributed by atoms with E-state index in [-0.39, 0.29) is 1030 Å². The number of rotatable bonds is 0. The van der Waals surface area contributed by atoms with Crippen LogP contribution in [0, 0.1) is 0 Å². The van der Waals surface area contributed by atoms with Gasteiger partial charge in [-0.05, 0) is 0 Å². The summed E-state index contributed by atoms with van der Waals surface area (Å²) in [6, 6.07) is 0. The molecule has 0 radical (unpaired) electrons. The van der Waals surface area contributed by atoms with Crippen molar-refractivity contribution in [3.8, 4) is 0 Å². The normalized spacial score (nSPS) is 0. The maximum atomic E-state index is 0. The second-order valence-corrected chi connectivity index (χ2v) is 0. The third-order valence-corrected chi connectivity index (χ3v) is 0. The molecular formula is H20K20. The maximum absolute atomic E-state index is 0. The van der Waals surface area contributed by atoms with Crippen molar-refractivity contribution in [3.05, 3.63) is 0 Å². The first-order chi connectivity index (χ1) is 0. The molecule has 0 amide bonds. The Morgan fingerprint density at radius 2 is 0.0500 bits per heavy atom. The van der Waals surface area contributed by atoms with Gasteiger partial charge in [0.05, 0.1) is 0 Å². The van der Waals surface area contributed by atoms with Crippen LogP contribution in [0.3, 0.4) is 0 Å². The minimum absolute atomic E-state index is 0. The van der Waals surface area contributed by atoms with E-state index in [0.29, 0.717) is 0 Å². The fourth-order valence-electron chi connectivity index (χ4n) is 0. The molecule has 0 aliphatic rings. The molecular weight excluding hydrogens is 782 g/mol. The van der Waals surface area contributed by atoms with Crippen molar-refractivity contribution in [3.63, 3.8) is 0 Å². The standard InChI is InChI=1S/20K.20H. The monoisotopic (exact) mass is 799 g/mol. The van der Waals surface area contributed by atoms with Crippen molar-refractivity contribution in [2.45, 2.75) is 0 Å². The average molecular weight is 802 g/mol. The van der Waals surface area contributed by atoms with Gasteiger partial charge in [0.15, 0.2) is 0 Å². The Labute approximate surface area is 980 Å². The van der Waals surface area contributed by atoms with E-state index in [9.17, 15) is 0 Å². The van der Waals surface area contributed by atoms with Crippen LogP contribution in [0.1, 0.15) is 0 Å².